The smallest absolute Gasteiger partial charge is 0.241 e. The van der Waals surface area contributed by atoms with Gasteiger partial charge >= 0.3 is 0 Å². The summed E-state index contributed by atoms with van der Waals surface area (Å²) in [6.07, 6.45) is 0.719. The van der Waals surface area contributed by atoms with Gasteiger partial charge in [0.05, 0.1) is 0 Å². The van der Waals surface area contributed by atoms with Crippen LogP contribution in [-0.4, -0.2) is 9.48 Å². The van der Waals surface area contributed by atoms with Gasteiger partial charge in [0.1, 0.15) is 0 Å². The van der Waals surface area contributed by atoms with Crippen LogP contribution >= 0.6 is 0 Å². The predicted molar refractivity (Wildman–Crippen MR) is 80.4 cm³/mol. The Bertz CT molecular complexity index is 727. The first-order valence-electron chi connectivity index (χ1n) is 6.69. The van der Waals surface area contributed by atoms with Gasteiger partial charge in [-0.05, 0) is 6.07 Å². The fourth-order valence-electron chi connectivity index (χ4n) is 2.51. The minimum Gasteiger partial charge on any atom is -0.606 e. The first kappa shape index (κ1) is 14.1. The highest BCUT2D eigenvalue weighted by atomic mass is 32.2. The van der Waals surface area contributed by atoms with Crippen molar-refractivity contribution < 1.29 is 9.48 Å². The molecule has 1 unspecified atom stereocenters. The van der Waals surface area contributed by atoms with E-state index in [-0.39, 0.29) is 4.92 Å². The molecule has 108 valence electrons. The monoisotopic (exact) mass is 301 g/mol. The molecule has 0 aliphatic carbocycles. The van der Waals surface area contributed by atoms with Gasteiger partial charge in [0, 0.05) is 59.1 Å². The third-order valence-corrected chi connectivity index (χ3v) is 5.56. The lowest BCUT2D eigenvalue weighted by Crippen LogP contribution is -2.28. The summed E-state index contributed by atoms with van der Waals surface area (Å²) in [6, 6.07) is 13.0. The molecule has 0 saturated heterocycles. The number of benzene rings is 2. The molecule has 1 aliphatic heterocycles. The van der Waals surface area contributed by atoms with Crippen LogP contribution in [0.25, 0.3) is 0 Å². The molecule has 1 heterocycles. The fourth-order valence-corrected chi connectivity index (χ4v) is 3.94. The molecule has 3 rings (SSSR count). The summed E-state index contributed by atoms with van der Waals surface area (Å²) in [4.78, 5) is 12.4. The molecule has 1 aliphatic rings. The van der Waals surface area contributed by atoms with Gasteiger partial charge in [0.25, 0.3) is 0 Å². The highest BCUT2D eigenvalue weighted by Crippen LogP contribution is 2.36. The highest BCUT2D eigenvalue weighted by Gasteiger charge is 2.36. The first-order valence-corrected chi connectivity index (χ1v) is 7.84. The Balaban J connectivity index is 2.10. The molecule has 0 aromatic heterocycles. The van der Waals surface area contributed by atoms with E-state index in [0.717, 1.165) is 22.4 Å². The Labute approximate surface area is 126 Å². The summed E-state index contributed by atoms with van der Waals surface area (Å²) >= 11 is -1.27. The van der Waals surface area contributed by atoms with Crippen molar-refractivity contribution in [3.63, 3.8) is 0 Å². The van der Waals surface area contributed by atoms with Gasteiger partial charge in [-0.2, -0.15) is 0 Å². The maximum atomic E-state index is 12.7. The number of nitrogens with zero attached hydrogens (tertiary/aromatic N) is 1. The number of fused-ring (bicyclic) bond motifs is 2. The Morgan fingerprint density at radius 2 is 1.76 bits per heavy atom. The lowest BCUT2D eigenvalue weighted by molar-refractivity contribution is -0.569. The summed E-state index contributed by atoms with van der Waals surface area (Å²) < 4.78 is 12.7. The zero-order valence-electron chi connectivity index (χ0n) is 11.8. The fraction of sp³-hybridized carbons (Fsp3) is 0.250. The summed E-state index contributed by atoms with van der Waals surface area (Å²) in [5.41, 5.74) is 1.44. The second-order valence-electron chi connectivity index (χ2n) is 5.69. The van der Waals surface area contributed by atoms with Crippen LogP contribution in [0, 0.1) is 10.1 Å². The van der Waals surface area contributed by atoms with Crippen LogP contribution in [0.5, 0.6) is 0 Å². The molecule has 0 bridgehead atoms. The zero-order valence-corrected chi connectivity index (χ0v) is 12.6. The summed E-state index contributed by atoms with van der Waals surface area (Å²) in [6.45, 7) is 3.13. The second kappa shape index (κ2) is 4.86. The van der Waals surface area contributed by atoms with Crippen molar-refractivity contribution in [3.05, 3.63) is 69.3 Å². The van der Waals surface area contributed by atoms with Crippen molar-refractivity contribution in [2.75, 3.05) is 0 Å². The topological polar surface area (TPSA) is 66.2 Å². The molecule has 2 aromatic rings. The van der Waals surface area contributed by atoms with Crippen molar-refractivity contribution in [1.82, 2.24) is 0 Å². The van der Waals surface area contributed by atoms with Gasteiger partial charge in [-0.15, -0.1) is 0 Å². The molecule has 0 radical (unpaired) electrons. The minimum atomic E-state index is -1.27. The van der Waals surface area contributed by atoms with Crippen LogP contribution in [0.15, 0.2) is 52.3 Å². The average Bonchev–Trinajstić information content (AvgIpc) is 2.47. The van der Waals surface area contributed by atoms with Crippen molar-refractivity contribution in [2.45, 2.75) is 35.6 Å². The molecule has 0 fully saturated rings. The third kappa shape index (κ3) is 2.22. The molecular formula is C16H15NO3S. The average molecular weight is 301 g/mol. The highest BCUT2D eigenvalue weighted by molar-refractivity contribution is 7.91. The van der Waals surface area contributed by atoms with Crippen LogP contribution in [0.3, 0.4) is 0 Å². The van der Waals surface area contributed by atoms with Crippen molar-refractivity contribution >= 4 is 11.2 Å². The summed E-state index contributed by atoms with van der Waals surface area (Å²) in [5.74, 6) is 0. The Kier molecular flexibility index (Phi) is 3.26. The maximum absolute atomic E-state index is 12.7. The SMILES string of the molecule is CC(C)(c1ccc2c(c1)[S+]([O-])c1ccccc1C2)[N+](=O)[O-]. The van der Waals surface area contributed by atoms with Gasteiger partial charge in [-0.3, -0.25) is 10.1 Å². The molecular weight excluding hydrogens is 286 g/mol. The molecule has 0 saturated carbocycles. The number of rotatable bonds is 2. The first-order chi connectivity index (χ1) is 9.91. The predicted octanol–water partition coefficient (Wildman–Crippen LogP) is 3.27. The molecule has 21 heavy (non-hydrogen) atoms. The van der Waals surface area contributed by atoms with E-state index in [2.05, 4.69) is 0 Å². The normalized spacial score (nSPS) is 17.0. The van der Waals surface area contributed by atoms with E-state index in [0.29, 0.717) is 10.5 Å². The Morgan fingerprint density at radius 3 is 2.48 bits per heavy atom. The lowest BCUT2D eigenvalue weighted by atomic mass is 9.93. The number of nitro groups is 1. The Morgan fingerprint density at radius 1 is 1.10 bits per heavy atom. The van der Waals surface area contributed by atoms with Crippen LogP contribution in [-0.2, 0) is 23.1 Å². The van der Waals surface area contributed by atoms with Crippen LogP contribution in [0.4, 0.5) is 0 Å². The van der Waals surface area contributed by atoms with E-state index in [1.807, 2.05) is 30.3 Å². The molecule has 5 heteroatoms. The van der Waals surface area contributed by atoms with Crippen LogP contribution in [0.2, 0.25) is 0 Å². The van der Waals surface area contributed by atoms with E-state index in [4.69, 9.17) is 0 Å². The lowest BCUT2D eigenvalue weighted by Gasteiger charge is -2.23. The van der Waals surface area contributed by atoms with E-state index >= 15 is 0 Å². The Hall–Kier alpha value is -1.85. The number of hydrogen-bond acceptors (Lipinski definition) is 3. The summed E-state index contributed by atoms with van der Waals surface area (Å²) in [7, 11) is 0. The van der Waals surface area contributed by atoms with E-state index in [1.165, 1.54) is 0 Å². The largest absolute Gasteiger partial charge is 0.606 e. The molecule has 4 nitrogen and oxygen atoms in total. The van der Waals surface area contributed by atoms with E-state index < -0.39 is 16.7 Å². The quantitative estimate of drug-likeness (QED) is 0.486. The standard InChI is InChI=1S/C16H15NO3S/c1-16(2,17(18)19)13-8-7-12-9-11-5-3-4-6-14(11)21(20)15(12)10-13/h3-8,10H,9H2,1-2H3. The molecule has 2 aromatic carbocycles. The van der Waals surface area contributed by atoms with Crippen LogP contribution < -0.4 is 0 Å². The van der Waals surface area contributed by atoms with E-state index in [9.17, 15) is 14.7 Å². The third-order valence-electron chi connectivity index (χ3n) is 3.98. The zero-order chi connectivity index (χ0) is 15.2. The maximum Gasteiger partial charge on any atom is 0.241 e. The number of hydrogen-bond donors (Lipinski definition) is 0. The van der Waals surface area contributed by atoms with Gasteiger partial charge in [-0.1, -0.05) is 30.3 Å². The molecule has 0 spiro atoms. The molecule has 0 N–H and O–H groups in total. The molecule has 1 atom stereocenters. The van der Waals surface area contributed by atoms with Gasteiger partial charge in [0.15, 0.2) is 9.79 Å². The van der Waals surface area contributed by atoms with E-state index in [1.54, 1.807) is 26.0 Å². The van der Waals surface area contributed by atoms with Gasteiger partial charge in [-0.25, -0.2) is 0 Å². The van der Waals surface area contributed by atoms with Gasteiger partial charge in [0.2, 0.25) is 5.54 Å². The van der Waals surface area contributed by atoms with Crippen molar-refractivity contribution in [1.29, 1.82) is 0 Å². The van der Waals surface area contributed by atoms with Crippen LogP contribution in [0.1, 0.15) is 30.5 Å². The van der Waals surface area contributed by atoms with Crippen molar-refractivity contribution in [3.8, 4) is 0 Å². The summed E-state index contributed by atoms with van der Waals surface area (Å²) in [5, 5.41) is 11.2. The molecule has 0 amide bonds. The van der Waals surface area contributed by atoms with Gasteiger partial charge < -0.3 is 4.55 Å². The second-order valence-corrected chi connectivity index (χ2v) is 7.11. The minimum absolute atomic E-state index is 0.311. The van der Waals surface area contributed by atoms with Crippen molar-refractivity contribution in [2.24, 2.45) is 0 Å².